The van der Waals surface area contributed by atoms with Crippen molar-refractivity contribution < 1.29 is 14.3 Å². The number of hydrogen-bond acceptors (Lipinski definition) is 3. The Morgan fingerprint density at radius 3 is 2.48 bits per heavy atom. The fourth-order valence-corrected chi connectivity index (χ4v) is 2.23. The zero-order chi connectivity index (χ0) is 14.7. The Morgan fingerprint density at radius 1 is 0.952 bits per heavy atom. The third-order valence-electron chi connectivity index (χ3n) is 3.19. The first-order valence-electron chi connectivity index (χ1n) is 6.64. The summed E-state index contributed by atoms with van der Waals surface area (Å²) in [5.41, 5.74) is 0.839. The maximum Gasteiger partial charge on any atom is 0.321 e. The van der Waals surface area contributed by atoms with Crippen LogP contribution in [0.1, 0.15) is 18.0 Å². The van der Waals surface area contributed by atoms with E-state index in [9.17, 15) is 9.59 Å². The minimum Gasteiger partial charge on any atom is -0.457 e. The summed E-state index contributed by atoms with van der Waals surface area (Å²) < 4.78 is 5.75. The fraction of sp³-hybridized carbons (Fsp3) is 0.125. The summed E-state index contributed by atoms with van der Waals surface area (Å²) in [6.07, 6.45) is 0.223. The average Bonchev–Trinajstić information content (AvgIpc) is 2.47. The molecule has 1 aliphatic heterocycles. The molecule has 5 heteroatoms. The maximum atomic E-state index is 11.4. The lowest BCUT2D eigenvalue weighted by molar-refractivity contribution is -0.121. The van der Waals surface area contributed by atoms with Crippen LogP contribution in [0.5, 0.6) is 11.5 Å². The number of amides is 3. The molecule has 1 atom stereocenters. The lowest BCUT2D eigenvalue weighted by atomic mass is 10.0. The summed E-state index contributed by atoms with van der Waals surface area (Å²) in [4.78, 5) is 22.8. The SMILES string of the molecule is O=C1C[C@@H](c2cccc(Oc3ccccc3)c2)NC(=O)N1. The van der Waals surface area contributed by atoms with Gasteiger partial charge in [-0.15, -0.1) is 0 Å². The molecular weight excluding hydrogens is 268 g/mol. The predicted octanol–water partition coefficient (Wildman–Crippen LogP) is 2.75. The average molecular weight is 282 g/mol. The molecule has 1 saturated heterocycles. The van der Waals surface area contributed by atoms with Gasteiger partial charge < -0.3 is 10.1 Å². The van der Waals surface area contributed by atoms with Crippen LogP contribution >= 0.6 is 0 Å². The van der Waals surface area contributed by atoms with Crippen LogP contribution in [0, 0.1) is 0 Å². The van der Waals surface area contributed by atoms with E-state index in [0.29, 0.717) is 5.75 Å². The topological polar surface area (TPSA) is 67.4 Å². The van der Waals surface area contributed by atoms with Crippen LogP contribution in [-0.4, -0.2) is 11.9 Å². The second-order valence-corrected chi connectivity index (χ2v) is 4.77. The Bertz CT molecular complexity index is 654. The van der Waals surface area contributed by atoms with E-state index in [1.165, 1.54) is 0 Å². The van der Waals surface area contributed by atoms with Gasteiger partial charge in [0.25, 0.3) is 0 Å². The van der Waals surface area contributed by atoms with Crippen molar-refractivity contribution in [2.75, 3.05) is 0 Å². The monoisotopic (exact) mass is 282 g/mol. The van der Waals surface area contributed by atoms with Crippen LogP contribution in [0.3, 0.4) is 0 Å². The lowest BCUT2D eigenvalue weighted by Crippen LogP contribution is -2.48. The van der Waals surface area contributed by atoms with Crippen LogP contribution < -0.4 is 15.4 Å². The van der Waals surface area contributed by atoms with E-state index in [0.717, 1.165) is 11.3 Å². The number of benzene rings is 2. The van der Waals surface area contributed by atoms with Crippen LogP contribution in [0.25, 0.3) is 0 Å². The Balaban J connectivity index is 1.80. The van der Waals surface area contributed by atoms with Gasteiger partial charge in [-0.1, -0.05) is 30.3 Å². The van der Waals surface area contributed by atoms with Crippen LogP contribution in [0.15, 0.2) is 54.6 Å². The first-order valence-corrected chi connectivity index (χ1v) is 6.64. The number of imide groups is 1. The van der Waals surface area contributed by atoms with Gasteiger partial charge in [0, 0.05) is 0 Å². The Hall–Kier alpha value is -2.82. The van der Waals surface area contributed by atoms with Crippen molar-refractivity contribution in [1.82, 2.24) is 10.6 Å². The Morgan fingerprint density at radius 2 is 1.71 bits per heavy atom. The largest absolute Gasteiger partial charge is 0.457 e. The summed E-state index contributed by atoms with van der Waals surface area (Å²) in [5.74, 6) is 1.12. The first-order chi connectivity index (χ1) is 10.2. The number of hydrogen-bond donors (Lipinski definition) is 2. The third-order valence-corrected chi connectivity index (χ3v) is 3.19. The van der Waals surface area contributed by atoms with Crippen LogP contribution in [-0.2, 0) is 4.79 Å². The highest BCUT2D eigenvalue weighted by Gasteiger charge is 2.25. The summed E-state index contributed by atoms with van der Waals surface area (Å²) >= 11 is 0. The molecule has 1 aliphatic rings. The molecule has 106 valence electrons. The van der Waals surface area contributed by atoms with Crippen LogP contribution in [0.4, 0.5) is 4.79 Å². The highest BCUT2D eigenvalue weighted by Crippen LogP contribution is 2.26. The molecule has 5 nitrogen and oxygen atoms in total. The maximum absolute atomic E-state index is 11.4. The molecule has 1 fully saturated rings. The molecule has 3 rings (SSSR count). The van der Waals surface area contributed by atoms with Gasteiger partial charge in [0.05, 0.1) is 12.5 Å². The highest BCUT2D eigenvalue weighted by molar-refractivity contribution is 5.97. The van der Waals surface area contributed by atoms with Gasteiger partial charge in [0.1, 0.15) is 11.5 Å². The third kappa shape index (κ3) is 3.20. The molecular formula is C16H14N2O3. The van der Waals surface area contributed by atoms with E-state index in [1.54, 1.807) is 0 Å². The van der Waals surface area contributed by atoms with Gasteiger partial charge >= 0.3 is 6.03 Å². The molecule has 1 heterocycles. The van der Waals surface area contributed by atoms with Crippen molar-refractivity contribution in [3.8, 4) is 11.5 Å². The van der Waals surface area contributed by atoms with Crippen molar-refractivity contribution in [1.29, 1.82) is 0 Å². The summed E-state index contributed by atoms with van der Waals surface area (Å²) in [5, 5.41) is 4.94. The number of carbonyl (C=O) groups is 2. The summed E-state index contributed by atoms with van der Waals surface area (Å²) in [6, 6.07) is 16.0. The molecule has 2 N–H and O–H groups in total. The summed E-state index contributed by atoms with van der Waals surface area (Å²) in [7, 11) is 0. The van der Waals surface area contributed by atoms with E-state index in [1.807, 2.05) is 54.6 Å². The minimum absolute atomic E-state index is 0.223. The van der Waals surface area contributed by atoms with E-state index in [-0.39, 0.29) is 18.4 Å². The number of ether oxygens (including phenoxy) is 1. The number of urea groups is 1. The first kappa shape index (κ1) is 13.2. The highest BCUT2D eigenvalue weighted by atomic mass is 16.5. The normalized spacial score (nSPS) is 17.8. The van der Waals surface area contributed by atoms with Crippen molar-refractivity contribution in [2.45, 2.75) is 12.5 Å². The molecule has 0 unspecified atom stereocenters. The van der Waals surface area contributed by atoms with E-state index < -0.39 is 6.03 Å². The van der Waals surface area contributed by atoms with Gasteiger partial charge in [-0.3, -0.25) is 10.1 Å². The van der Waals surface area contributed by atoms with Gasteiger partial charge in [0.2, 0.25) is 5.91 Å². The lowest BCUT2D eigenvalue weighted by Gasteiger charge is -2.23. The minimum atomic E-state index is -0.467. The number of para-hydroxylation sites is 1. The number of nitrogens with one attached hydrogen (secondary N) is 2. The van der Waals surface area contributed by atoms with Crippen molar-refractivity contribution in [3.05, 3.63) is 60.2 Å². The second kappa shape index (κ2) is 5.66. The molecule has 0 aromatic heterocycles. The quantitative estimate of drug-likeness (QED) is 0.909. The molecule has 0 spiro atoms. The van der Waals surface area contributed by atoms with Gasteiger partial charge in [-0.05, 0) is 29.8 Å². The smallest absolute Gasteiger partial charge is 0.321 e. The number of rotatable bonds is 3. The molecule has 0 saturated carbocycles. The van der Waals surface area contributed by atoms with Gasteiger partial charge in [0.15, 0.2) is 0 Å². The molecule has 0 radical (unpaired) electrons. The van der Waals surface area contributed by atoms with Gasteiger partial charge in [-0.25, -0.2) is 4.79 Å². The Kier molecular flexibility index (Phi) is 3.55. The molecule has 2 aromatic rings. The standard InChI is InChI=1S/C16H14N2O3/c19-15-10-14(17-16(20)18-15)11-5-4-8-13(9-11)21-12-6-2-1-3-7-12/h1-9,14H,10H2,(H2,17,18,19,20)/t14-/m0/s1. The van der Waals surface area contributed by atoms with Crippen molar-refractivity contribution >= 4 is 11.9 Å². The molecule has 21 heavy (non-hydrogen) atoms. The molecule has 0 bridgehead atoms. The zero-order valence-corrected chi connectivity index (χ0v) is 11.2. The van der Waals surface area contributed by atoms with E-state index >= 15 is 0 Å². The zero-order valence-electron chi connectivity index (χ0n) is 11.2. The second-order valence-electron chi connectivity index (χ2n) is 4.77. The van der Waals surface area contributed by atoms with E-state index in [2.05, 4.69) is 10.6 Å². The predicted molar refractivity (Wildman–Crippen MR) is 77.0 cm³/mol. The molecule has 2 aromatic carbocycles. The Labute approximate surface area is 121 Å². The van der Waals surface area contributed by atoms with Crippen molar-refractivity contribution in [2.24, 2.45) is 0 Å². The van der Waals surface area contributed by atoms with Crippen molar-refractivity contribution in [3.63, 3.8) is 0 Å². The van der Waals surface area contributed by atoms with Crippen LogP contribution in [0.2, 0.25) is 0 Å². The molecule has 0 aliphatic carbocycles. The molecule has 3 amide bonds. The van der Waals surface area contributed by atoms with Gasteiger partial charge in [-0.2, -0.15) is 0 Å². The fourth-order valence-electron chi connectivity index (χ4n) is 2.23. The summed E-state index contributed by atoms with van der Waals surface area (Å²) in [6.45, 7) is 0. The van der Waals surface area contributed by atoms with E-state index in [4.69, 9.17) is 4.74 Å². The number of carbonyl (C=O) groups excluding carboxylic acids is 2.